The van der Waals surface area contributed by atoms with E-state index in [1.165, 1.54) is 42.0 Å². The highest BCUT2D eigenvalue weighted by molar-refractivity contribution is 5.93. The minimum atomic E-state index is -4.37. The first-order valence-corrected chi connectivity index (χ1v) is 7.86. The van der Waals surface area contributed by atoms with E-state index in [-0.39, 0.29) is 11.9 Å². The predicted octanol–water partition coefficient (Wildman–Crippen LogP) is 3.81. The second-order valence-electron chi connectivity index (χ2n) is 6.27. The van der Waals surface area contributed by atoms with Crippen LogP contribution in [0.15, 0.2) is 36.7 Å². The highest BCUT2D eigenvalue weighted by Crippen LogP contribution is 2.33. The zero-order valence-corrected chi connectivity index (χ0v) is 13.2. The summed E-state index contributed by atoms with van der Waals surface area (Å²) < 4.78 is 39.1. The number of hydrogen-bond acceptors (Lipinski definition) is 2. The molecular weight excluding hydrogens is 319 g/mol. The van der Waals surface area contributed by atoms with E-state index in [0.717, 1.165) is 24.5 Å². The first-order chi connectivity index (χ1) is 11.3. The summed E-state index contributed by atoms with van der Waals surface area (Å²) in [4.78, 5) is 12.2. The summed E-state index contributed by atoms with van der Waals surface area (Å²) in [5, 5.41) is 6.97. The molecule has 0 saturated heterocycles. The van der Waals surface area contributed by atoms with Gasteiger partial charge in [-0.25, -0.2) is 4.68 Å². The molecule has 1 saturated carbocycles. The van der Waals surface area contributed by atoms with E-state index in [1.54, 1.807) is 0 Å². The Bertz CT molecular complexity index is 717. The maximum absolute atomic E-state index is 12.6. The molecule has 1 aliphatic rings. The second kappa shape index (κ2) is 6.30. The first kappa shape index (κ1) is 16.5. The molecule has 24 heavy (non-hydrogen) atoms. The Balaban J connectivity index is 1.67. The largest absolute Gasteiger partial charge is 0.416 e. The van der Waals surface area contributed by atoms with E-state index in [9.17, 15) is 18.0 Å². The van der Waals surface area contributed by atoms with E-state index < -0.39 is 11.7 Å². The fraction of sp³-hybridized carbons (Fsp3) is 0.412. The van der Waals surface area contributed by atoms with Gasteiger partial charge >= 0.3 is 6.18 Å². The number of aromatic nitrogens is 2. The third-order valence-corrected chi connectivity index (χ3v) is 4.07. The lowest BCUT2D eigenvalue weighted by molar-refractivity contribution is -0.137. The zero-order valence-electron chi connectivity index (χ0n) is 13.2. The molecule has 1 amide bonds. The normalized spacial score (nSPS) is 16.0. The molecule has 2 aromatic rings. The van der Waals surface area contributed by atoms with Crippen LogP contribution in [0.5, 0.6) is 0 Å². The van der Waals surface area contributed by atoms with Gasteiger partial charge in [-0.3, -0.25) is 4.79 Å². The van der Waals surface area contributed by atoms with Gasteiger partial charge in [-0.05, 0) is 43.5 Å². The molecule has 1 aromatic heterocycles. The van der Waals surface area contributed by atoms with Gasteiger partial charge in [0, 0.05) is 12.2 Å². The van der Waals surface area contributed by atoms with Crippen molar-refractivity contribution >= 4 is 5.91 Å². The summed E-state index contributed by atoms with van der Waals surface area (Å²) in [6.07, 6.45) is 1.99. The molecule has 1 unspecified atom stereocenters. The van der Waals surface area contributed by atoms with Gasteiger partial charge in [-0.2, -0.15) is 18.3 Å². The van der Waals surface area contributed by atoms with Gasteiger partial charge in [-0.15, -0.1) is 0 Å². The van der Waals surface area contributed by atoms with Crippen molar-refractivity contribution in [1.29, 1.82) is 0 Å². The molecule has 7 heteroatoms. The Labute approximate surface area is 137 Å². The lowest BCUT2D eigenvalue weighted by Crippen LogP contribution is -2.32. The Hall–Kier alpha value is -2.31. The topological polar surface area (TPSA) is 46.9 Å². The molecule has 1 N–H and O–H groups in total. The maximum Gasteiger partial charge on any atom is 0.416 e. The monoisotopic (exact) mass is 337 g/mol. The van der Waals surface area contributed by atoms with Crippen molar-refractivity contribution in [2.75, 3.05) is 0 Å². The van der Waals surface area contributed by atoms with Gasteiger partial charge in [0.1, 0.15) is 0 Å². The molecular formula is C17H18F3N3O. The lowest BCUT2D eigenvalue weighted by atomic mass is 10.1. The van der Waals surface area contributed by atoms with Crippen molar-refractivity contribution in [3.05, 3.63) is 47.8 Å². The number of rotatable bonds is 5. The third kappa shape index (κ3) is 3.96. The number of amides is 1. The molecule has 3 rings (SSSR count). The SMILES string of the molecule is CC(CC1CC1)NC(=O)c1cnn(-c2ccc(C(F)(F)F)cc2)c1. The minimum Gasteiger partial charge on any atom is -0.349 e. The molecule has 0 aliphatic heterocycles. The van der Waals surface area contributed by atoms with Crippen LogP contribution in [0.2, 0.25) is 0 Å². The molecule has 0 bridgehead atoms. The predicted molar refractivity (Wildman–Crippen MR) is 82.8 cm³/mol. The summed E-state index contributed by atoms with van der Waals surface area (Å²) >= 11 is 0. The van der Waals surface area contributed by atoms with Crippen molar-refractivity contribution in [2.24, 2.45) is 5.92 Å². The van der Waals surface area contributed by atoms with Crippen LogP contribution in [-0.4, -0.2) is 21.7 Å². The first-order valence-electron chi connectivity index (χ1n) is 7.86. The van der Waals surface area contributed by atoms with Crippen molar-refractivity contribution in [1.82, 2.24) is 15.1 Å². The molecule has 1 aliphatic carbocycles. The molecule has 4 nitrogen and oxygen atoms in total. The minimum absolute atomic E-state index is 0.0967. The van der Waals surface area contributed by atoms with Crippen molar-refractivity contribution < 1.29 is 18.0 Å². The van der Waals surface area contributed by atoms with Gasteiger partial charge in [0.25, 0.3) is 5.91 Å². The van der Waals surface area contributed by atoms with Gasteiger partial charge in [-0.1, -0.05) is 12.8 Å². The molecule has 128 valence electrons. The van der Waals surface area contributed by atoms with Crippen molar-refractivity contribution in [3.63, 3.8) is 0 Å². The number of alkyl halides is 3. The molecule has 1 heterocycles. The summed E-state index contributed by atoms with van der Waals surface area (Å²) in [5.41, 5.74) is 0.135. The number of carbonyl (C=O) groups is 1. The van der Waals surface area contributed by atoms with Crippen LogP contribution in [-0.2, 0) is 6.18 Å². The van der Waals surface area contributed by atoms with E-state index in [4.69, 9.17) is 0 Å². The number of nitrogens with zero attached hydrogens (tertiary/aromatic N) is 2. The van der Waals surface area contributed by atoms with Crippen LogP contribution < -0.4 is 5.32 Å². The fourth-order valence-corrected chi connectivity index (χ4v) is 2.60. The number of carbonyl (C=O) groups excluding carboxylic acids is 1. The highest BCUT2D eigenvalue weighted by Gasteiger charge is 2.30. The van der Waals surface area contributed by atoms with E-state index >= 15 is 0 Å². The van der Waals surface area contributed by atoms with Crippen LogP contribution in [0.4, 0.5) is 13.2 Å². The van der Waals surface area contributed by atoms with Crippen molar-refractivity contribution in [3.8, 4) is 5.69 Å². The van der Waals surface area contributed by atoms with Gasteiger partial charge in [0.2, 0.25) is 0 Å². The van der Waals surface area contributed by atoms with Crippen LogP contribution >= 0.6 is 0 Å². The van der Waals surface area contributed by atoms with Crippen LogP contribution in [0.3, 0.4) is 0 Å². The summed E-state index contributed by atoms with van der Waals surface area (Å²) in [7, 11) is 0. The van der Waals surface area contributed by atoms with E-state index in [2.05, 4.69) is 10.4 Å². The Morgan fingerprint density at radius 2 is 2.00 bits per heavy atom. The average molecular weight is 337 g/mol. The van der Waals surface area contributed by atoms with E-state index in [1.807, 2.05) is 6.92 Å². The number of hydrogen-bond donors (Lipinski definition) is 1. The standard InChI is InChI=1S/C17H18F3N3O/c1-11(8-12-2-3-12)22-16(24)13-9-21-23(10-13)15-6-4-14(5-7-15)17(18,19)20/h4-7,9-12H,2-3,8H2,1H3,(H,22,24). The number of benzene rings is 1. The van der Waals surface area contributed by atoms with Gasteiger partial charge in [0.05, 0.1) is 23.0 Å². The smallest absolute Gasteiger partial charge is 0.349 e. The average Bonchev–Trinajstić information content (AvgIpc) is 3.18. The lowest BCUT2D eigenvalue weighted by Gasteiger charge is -2.12. The molecule has 0 radical (unpaired) electrons. The van der Waals surface area contributed by atoms with Crippen LogP contribution in [0.1, 0.15) is 42.1 Å². The van der Waals surface area contributed by atoms with Gasteiger partial charge in [0.15, 0.2) is 0 Å². The number of nitrogens with one attached hydrogen (secondary N) is 1. The maximum atomic E-state index is 12.6. The Morgan fingerprint density at radius 1 is 1.33 bits per heavy atom. The van der Waals surface area contributed by atoms with E-state index in [0.29, 0.717) is 11.3 Å². The number of halogens is 3. The summed E-state index contributed by atoms with van der Waals surface area (Å²) in [6, 6.07) is 4.74. The Morgan fingerprint density at radius 3 is 2.58 bits per heavy atom. The third-order valence-electron chi connectivity index (χ3n) is 4.07. The quantitative estimate of drug-likeness (QED) is 0.902. The van der Waals surface area contributed by atoms with Gasteiger partial charge < -0.3 is 5.32 Å². The van der Waals surface area contributed by atoms with Crippen LogP contribution in [0, 0.1) is 5.92 Å². The fourth-order valence-electron chi connectivity index (χ4n) is 2.60. The highest BCUT2D eigenvalue weighted by atomic mass is 19.4. The summed E-state index contributed by atoms with van der Waals surface area (Å²) in [5.74, 6) is 0.497. The second-order valence-corrected chi connectivity index (χ2v) is 6.27. The molecule has 0 spiro atoms. The zero-order chi connectivity index (χ0) is 17.3. The Kier molecular flexibility index (Phi) is 4.34. The molecule has 1 fully saturated rings. The molecule has 1 atom stereocenters. The summed E-state index contributed by atoms with van der Waals surface area (Å²) in [6.45, 7) is 1.97. The molecule has 1 aromatic carbocycles. The van der Waals surface area contributed by atoms with Crippen LogP contribution in [0.25, 0.3) is 5.69 Å². The van der Waals surface area contributed by atoms with Crippen molar-refractivity contribution in [2.45, 2.75) is 38.4 Å².